The molecule has 0 aliphatic carbocycles. The maximum atomic E-state index is 13.1. The van der Waals surface area contributed by atoms with Crippen LogP contribution >= 0.6 is 0 Å². The quantitative estimate of drug-likeness (QED) is 0.141. The van der Waals surface area contributed by atoms with Crippen molar-refractivity contribution in [3.63, 3.8) is 0 Å². The summed E-state index contributed by atoms with van der Waals surface area (Å²) in [6.07, 6.45) is -2.93. The van der Waals surface area contributed by atoms with Crippen molar-refractivity contribution in [3.05, 3.63) is 59.7 Å². The lowest BCUT2D eigenvalue weighted by molar-refractivity contribution is -0.145. The molecule has 3 amide bonds. The summed E-state index contributed by atoms with van der Waals surface area (Å²) in [5.41, 5.74) is 7.09. The van der Waals surface area contributed by atoms with Crippen LogP contribution in [0, 0.1) is 0 Å². The number of benzene rings is 2. The van der Waals surface area contributed by atoms with E-state index in [0.29, 0.717) is 11.1 Å². The molecule has 0 fully saturated rings. The third-order valence-electron chi connectivity index (χ3n) is 5.85. The van der Waals surface area contributed by atoms with E-state index in [4.69, 9.17) is 5.73 Å². The van der Waals surface area contributed by atoms with Crippen LogP contribution in [0.4, 0.5) is 0 Å². The van der Waals surface area contributed by atoms with Crippen LogP contribution in [0.1, 0.15) is 25.0 Å². The molecule has 2 rings (SSSR count). The minimum Gasteiger partial charge on any atom is -0.508 e. The van der Waals surface area contributed by atoms with Crippen molar-refractivity contribution in [2.24, 2.45) is 5.73 Å². The average Bonchev–Trinajstić information content (AvgIpc) is 2.86. The second-order valence-electron chi connectivity index (χ2n) is 9.20. The monoisotopic (exact) mass is 546 g/mol. The molecule has 0 saturated heterocycles. The van der Waals surface area contributed by atoms with Gasteiger partial charge in [-0.3, -0.25) is 14.4 Å². The summed E-state index contributed by atoms with van der Waals surface area (Å²) < 4.78 is 0. The standard InChI is InChI=1S/C26H34N4O9/c1-13(31)21(29-23(35)19(27)11-15-3-7-17(33)8-4-15)25(37)28-20(12-16-5-9-18(34)10-6-16)24(36)30-22(14(2)32)26(38)39/h3-10,13-14,19-22,31-34H,11-12,27H2,1-2H3,(H,28,37)(H,29,35)(H,30,36)(H,38,39). The second kappa shape index (κ2) is 14.1. The third kappa shape index (κ3) is 9.56. The number of hydrogen-bond donors (Lipinski definition) is 9. The van der Waals surface area contributed by atoms with Gasteiger partial charge in [0.1, 0.15) is 23.6 Å². The predicted octanol–water partition coefficient (Wildman–Crippen LogP) is -1.49. The lowest BCUT2D eigenvalue weighted by Gasteiger charge is -2.27. The number of carbonyl (C=O) groups excluding carboxylic acids is 3. The fourth-order valence-electron chi connectivity index (χ4n) is 3.63. The van der Waals surface area contributed by atoms with Crippen LogP contribution in [-0.4, -0.2) is 85.6 Å². The molecule has 2 aromatic rings. The highest BCUT2D eigenvalue weighted by Crippen LogP contribution is 2.13. The van der Waals surface area contributed by atoms with Crippen LogP contribution in [0.3, 0.4) is 0 Å². The first-order valence-electron chi connectivity index (χ1n) is 12.1. The Hall–Kier alpha value is -4.20. The molecule has 0 aliphatic rings. The van der Waals surface area contributed by atoms with Gasteiger partial charge in [0.15, 0.2) is 6.04 Å². The SMILES string of the molecule is CC(O)C(NC(=O)C(Cc1ccc(O)cc1)NC(=O)C(NC(=O)C(N)Cc1ccc(O)cc1)C(C)O)C(=O)O. The summed E-state index contributed by atoms with van der Waals surface area (Å²) in [4.78, 5) is 50.2. The van der Waals surface area contributed by atoms with Crippen LogP contribution in [0.5, 0.6) is 11.5 Å². The molecule has 0 radical (unpaired) electrons. The molecule has 212 valence electrons. The molecule has 39 heavy (non-hydrogen) atoms. The highest BCUT2D eigenvalue weighted by Gasteiger charge is 2.33. The number of aromatic hydroxyl groups is 2. The first kappa shape index (κ1) is 31.0. The van der Waals surface area contributed by atoms with Gasteiger partial charge < -0.3 is 47.2 Å². The Morgan fingerprint density at radius 3 is 1.56 bits per heavy atom. The second-order valence-corrected chi connectivity index (χ2v) is 9.20. The van der Waals surface area contributed by atoms with Gasteiger partial charge in [0.05, 0.1) is 18.2 Å². The summed E-state index contributed by atoms with van der Waals surface area (Å²) >= 11 is 0. The maximum absolute atomic E-state index is 13.1. The number of rotatable bonds is 13. The number of phenolic OH excluding ortho intramolecular Hbond substituents is 2. The molecule has 13 heteroatoms. The lowest BCUT2D eigenvalue weighted by Crippen LogP contribution is -2.61. The number of nitrogens with two attached hydrogens (primary N) is 1. The smallest absolute Gasteiger partial charge is 0.328 e. The Morgan fingerprint density at radius 1 is 0.692 bits per heavy atom. The van der Waals surface area contributed by atoms with E-state index in [1.807, 2.05) is 0 Å². The number of carbonyl (C=O) groups is 4. The zero-order valence-electron chi connectivity index (χ0n) is 21.4. The van der Waals surface area contributed by atoms with Gasteiger partial charge in [-0.15, -0.1) is 0 Å². The van der Waals surface area contributed by atoms with E-state index in [2.05, 4.69) is 16.0 Å². The summed E-state index contributed by atoms with van der Waals surface area (Å²) in [5, 5.41) is 55.1. The molecule has 10 N–H and O–H groups in total. The highest BCUT2D eigenvalue weighted by molar-refractivity contribution is 5.94. The Balaban J connectivity index is 2.19. The Morgan fingerprint density at radius 2 is 1.13 bits per heavy atom. The predicted molar refractivity (Wildman–Crippen MR) is 138 cm³/mol. The van der Waals surface area contributed by atoms with Crippen LogP contribution < -0.4 is 21.7 Å². The van der Waals surface area contributed by atoms with E-state index in [1.165, 1.54) is 50.2 Å². The Bertz CT molecular complexity index is 1140. The van der Waals surface area contributed by atoms with Crippen LogP contribution in [0.25, 0.3) is 0 Å². The first-order valence-corrected chi connectivity index (χ1v) is 12.1. The molecule has 6 unspecified atom stereocenters. The van der Waals surface area contributed by atoms with Gasteiger partial charge in [0, 0.05) is 6.42 Å². The van der Waals surface area contributed by atoms with E-state index < -0.39 is 60.1 Å². The number of hydrogen-bond acceptors (Lipinski definition) is 9. The number of phenols is 2. The van der Waals surface area contributed by atoms with Crippen LogP contribution in [0.2, 0.25) is 0 Å². The van der Waals surface area contributed by atoms with Gasteiger partial charge in [-0.05, 0) is 55.7 Å². The molecule has 0 aromatic heterocycles. The highest BCUT2D eigenvalue weighted by atomic mass is 16.4. The van der Waals surface area contributed by atoms with Crippen molar-refractivity contribution in [3.8, 4) is 11.5 Å². The summed E-state index contributed by atoms with van der Waals surface area (Å²) in [7, 11) is 0. The van der Waals surface area contributed by atoms with Gasteiger partial charge in [-0.2, -0.15) is 0 Å². The normalized spacial score (nSPS) is 15.6. The number of aliphatic hydroxyl groups is 2. The molecule has 13 nitrogen and oxygen atoms in total. The third-order valence-corrected chi connectivity index (χ3v) is 5.85. The molecular weight excluding hydrogens is 512 g/mol. The van der Waals surface area contributed by atoms with Crippen LogP contribution in [0.15, 0.2) is 48.5 Å². The van der Waals surface area contributed by atoms with Crippen molar-refractivity contribution in [1.29, 1.82) is 0 Å². The van der Waals surface area contributed by atoms with Gasteiger partial charge in [-0.25, -0.2) is 4.79 Å². The number of carboxylic acids is 1. The van der Waals surface area contributed by atoms with Crippen molar-refractivity contribution >= 4 is 23.7 Å². The first-order chi connectivity index (χ1) is 18.3. The molecule has 0 saturated carbocycles. The summed E-state index contributed by atoms with van der Waals surface area (Å²) in [5.74, 6) is -4.14. The van der Waals surface area contributed by atoms with E-state index in [-0.39, 0.29) is 24.3 Å². The maximum Gasteiger partial charge on any atom is 0.328 e. The Labute approximate surface area is 224 Å². The largest absolute Gasteiger partial charge is 0.508 e. The van der Waals surface area contributed by atoms with Gasteiger partial charge in [0.25, 0.3) is 0 Å². The van der Waals surface area contributed by atoms with Gasteiger partial charge >= 0.3 is 5.97 Å². The van der Waals surface area contributed by atoms with E-state index in [1.54, 1.807) is 12.1 Å². The summed E-state index contributed by atoms with van der Waals surface area (Å²) in [6, 6.07) is 6.02. The average molecular weight is 547 g/mol. The molecule has 2 aromatic carbocycles. The molecule has 0 heterocycles. The van der Waals surface area contributed by atoms with Crippen LogP contribution in [-0.2, 0) is 32.0 Å². The van der Waals surface area contributed by atoms with Crippen molar-refractivity contribution in [2.45, 2.75) is 63.1 Å². The summed E-state index contributed by atoms with van der Waals surface area (Å²) in [6.45, 7) is 2.42. The molecule has 0 bridgehead atoms. The fraction of sp³-hybridized carbons (Fsp3) is 0.385. The van der Waals surface area contributed by atoms with Crippen molar-refractivity contribution in [2.75, 3.05) is 0 Å². The molecular formula is C26H34N4O9. The zero-order chi connectivity index (χ0) is 29.3. The minimum absolute atomic E-state index is 0.0376. The van der Waals surface area contributed by atoms with E-state index in [9.17, 15) is 44.7 Å². The fourth-order valence-corrected chi connectivity index (χ4v) is 3.63. The molecule has 0 aliphatic heterocycles. The zero-order valence-corrected chi connectivity index (χ0v) is 21.4. The Kier molecular flexibility index (Phi) is 11.2. The van der Waals surface area contributed by atoms with Gasteiger partial charge in [-0.1, -0.05) is 24.3 Å². The number of nitrogens with one attached hydrogen (secondary N) is 3. The molecule has 6 atom stereocenters. The van der Waals surface area contributed by atoms with Gasteiger partial charge in [0.2, 0.25) is 17.7 Å². The number of aliphatic carboxylic acids is 1. The number of carboxylic acid groups (broad SMARTS) is 1. The van der Waals surface area contributed by atoms with Crippen molar-refractivity contribution < 1.29 is 44.7 Å². The number of amides is 3. The number of aliphatic hydroxyl groups excluding tert-OH is 2. The lowest BCUT2D eigenvalue weighted by atomic mass is 10.0. The van der Waals surface area contributed by atoms with E-state index >= 15 is 0 Å². The molecule has 0 spiro atoms. The topological polar surface area (TPSA) is 232 Å². The van der Waals surface area contributed by atoms with Crippen molar-refractivity contribution in [1.82, 2.24) is 16.0 Å². The minimum atomic E-state index is -1.66. The van der Waals surface area contributed by atoms with E-state index in [0.717, 1.165) is 0 Å².